The molecule has 5 heteroatoms. The molecule has 1 amide bonds. The molecule has 0 saturated carbocycles. The average molecular weight is 364 g/mol. The van der Waals surface area contributed by atoms with Crippen LogP contribution in [0.2, 0.25) is 5.02 Å². The molecule has 0 bridgehead atoms. The van der Waals surface area contributed by atoms with Crippen molar-refractivity contribution in [1.82, 2.24) is 4.98 Å². The maximum absolute atomic E-state index is 12.8. The normalized spacial score (nSPS) is 12.8. The number of pyridine rings is 1. The van der Waals surface area contributed by atoms with Gasteiger partial charge in [0.25, 0.3) is 5.91 Å². The largest absolute Gasteiger partial charge is 0.340 e. The van der Waals surface area contributed by atoms with Crippen LogP contribution >= 0.6 is 11.6 Å². The molecule has 26 heavy (non-hydrogen) atoms. The first-order valence-electron chi connectivity index (χ1n) is 8.51. The van der Waals surface area contributed by atoms with Gasteiger partial charge in [-0.15, -0.1) is 0 Å². The Hall–Kier alpha value is -2.85. The molecule has 0 aliphatic carbocycles. The van der Waals surface area contributed by atoms with E-state index in [4.69, 9.17) is 11.6 Å². The zero-order valence-corrected chi connectivity index (χ0v) is 15.1. The number of nitrogens with one attached hydrogen (secondary N) is 1. The highest BCUT2D eigenvalue weighted by Crippen LogP contribution is 2.29. The number of fused-ring (bicyclic) bond motifs is 1. The van der Waals surface area contributed by atoms with Gasteiger partial charge in [-0.3, -0.25) is 4.79 Å². The first-order valence-corrected chi connectivity index (χ1v) is 8.89. The van der Waals surface area contributed by atoms with Crippen molar-refractivity contribution in [3.63, 3.8) is 0 Å². The number of halogens is 1. The highest BCUT2D eigenvalue weighted by atomic mass is 35.5. The minimum absolute atomic E-state index is 0.0204. The number of hydrogen-bond acceptors (Lipinski definition) is 3. The van der Waals surface area contributed by atoms with E-state index in [0.717, 1.165) is 23.4 Å². The molecule has 2 aromatic carbocycles. The van der Waals surface area contributed by atoms with E-state index >= 15 is 0 Å². The third-order valence-electron chi connectivity index (χ3n) is 4.67. The van der Waals surface area contributed by atoms with Gasteiger partial charge in [-0.2, -0.15) is 0 Å². The van der Waals surface area contributed by atoms with Crippen LogP contribution in [0.3, 0.4) is 0 Å². The second-order valence-electron chi connectivity index (χ2n) is 6.31. The van der Waals surface area contributed by atoms with E-state index in [2.05, 4.69) is 16.4 Å². The van der Waals surface area contributed by atoms with Gasteiger partial charge in [-0.05, 0) is 54.8 Å². The standard InChI is InChI=1S/C21H18ClN3O/c1-14-17(22)6-4-7-18(14)24-20-10-9-16(13-23-20)21(26)25-12-11-15-5-2-3-8-19(15)25/h2-10,13H,11-12H2,1H3,(H,23,24). The van der Waals surface area contributed by atoms with Gasteiger partial charge in [-0.1, -0.05) is 35.9 Å². The number of anilines is 3. The molecule has 0 fully saturated rings. The van der Waals surface area contributed by atoms with Crippen molar-refractivity contribution >= 4 is 34.7 Å². The predicted molar refractivity (Wildman–Crippen MR) is 106 cm³/mol. The van der Waals surface area contributed by atoms with Gasteiger partial charge in [0, 0.05) is 29.1 Å². The van der Waals surface area contributed by atoms with Crippen LogP contribution in [0.4, 0.5) is 17.2 Å². The van der Waals surface area contributed by atoms with Crippen LogP contribution in [0.5, 0.6) is 0 Å². The number of hydrogen-bond donors (Lipinski definition) is 1. The monoisotopic (exact) mass is 363 g/mol. The minimum atomic E-state index is -0.0204. The lowest BCUT2D eigenvalue weighted by Crippen LogP contribution is -2.28. The Balaban J connectivity index is 1.53. The van der Waals surface area contributed by atoms with Crippen molar-refractivity contribution in [3.05, 3.63) is 82.5 Å². The van der Waals surface area contributed by atoms with Crippen LogP contribution in [-0.2, 0) is 6.42 Å². The first-order chi connectivity index (χ1) is 12.6. The summed E-state index contributed by atoms with van der Waals surface area (Å²) in [4.78, 5) is 19.0. The Morgan fingerprint density at radius 3 is 2.77 bits per heavy atom. The maximum atomic E-state index is 12.8. The van der Waals surface area contributed by atoms with E-state index in [1.807, 2.05) is 54.3 Å². The molecule has 4 nitrogen and oxygen atoms in total. The van der Waals surface area contributed by atoms with Crippen molar-refractivity contribution < 1.29 is 4.79 Å². The summed E-state index contributed by atoms with van der Waals surface area (Å²) in [6, 6.07) is 17.3. The number of rotatable bonds is 3. The van der Waals surface area contributed by atoms with Gasteiger partial charge in [0.2, 0.25) is 0 Å². The highest BCUT2D eigenvalue weighted by molar-refractivity contribution is 6.31. The Morgan fingerprint density at radius 1 is 1.12 bits per heavy atom. The molecule has 0 atom stereocenters. The summed E-state index contributed by atoms with van der Waals surface area (Å²) in [6.45, 7) is 2.66. The van der Waals surface area contributed by atoms with Crippen molar-refractivity contribution in [3.8, 4) is 0 Å². The lowest BCUT2D eigenvalue weighted by Gasteiger charge is -2.17. The molecule has 0 spiro atoms. The summed E-state index contributed by atoms with van der Waals surface area (Å²) < 4.78 is 0. The van der Waals surface area contributed by atoms with Crippen LogP contribution in [-0.4, -0.2) is 17.4 Å². The third-order valence-corrected chi connectivity index (χ3v) is 5.08. The van der Waals surface area contributed by atoms with Gasteiger partial charge >= 0.3 is 0 Å². The number of carbonyl (C=O) groups excluding carboxylic acids is 1. The summed E-state index contributed by atoms with van der Waals surface area (Å²) in [7, 11) is 0. The molecule has 0 radical (unpaired) electrons. The van der Waals surface area contributed by atoms with E-state index in [1.54, 1.807) is 12.3 Å². The molecule has 2 heterocycles. The van der Waals surface area contributed by atoms with Crippen LogP contribution in [0.1, 0.15) is 21.5 Å². The number of aromatic nitrogens is 1. The summed E-state index contributed by atoms with van der Waals surface area (Å²) in [6.07, 6.45) is 2.51. The third kappa shape index (κ3) is 3.04. The zero-order chi connectivity index (χ0) is 18.1. The average Bonchev–Trinajstić information content (AvgIpc) is 3.10. The molecule has 1 aliphatic heterocycles. The fourth-order valence-electron chi connectivity index (χ4n) is 3.18. The maximum Gasteiger partial charge on any atom is 0.259 e. The Bertz CT molecular complexity index is 969. The Kier molecular flexibility index (Phi) is 4.35. The highest BCUT2D eigenvalue weighted by Gasteiger charge is 2.25. The van der Waals surface area contributed by atoms with Crippen molar-refractivity contribution in [2.24, 2.45) is 0 Å². The number of para-hydroxylation sites is 1. The van der Waals surface area contributed by atoms with Crippen molar-refractivity contribution in [2.45, 2.75) is 13.3 Å². The van der Waals surface area contributed by atoms with E-state index < -0.39 is 0 Å². The molecule has 0 saturated heterocycles. The summed E-state index contributed by atoms with van der Waals surface area (Å²) >= 11 is 6.15. The van der Waals surface area contributed by atoms with Gasteiger partial charge in [0.1, 0.15) is 5.82 Å². The number of nitrogens with zero attached hydrogens (tertiary/aromatic N) is 2. The topological polar surface area (TPSA) is 45.2 Å². The van der Waals surface area contributed by atoms with E-state index in [1.165, 1.54) is 5.56 Å². The SMILES string of the molecule is Cc1c(Cl)cccc1Nc1ccc(C(=O)N2CCc3ccccc32)cn1. The van der Waals surface area contributed by atoms with E-state index in [0.29, 0.717) is 22.9 Å². The molecular formula is C21H18ClN3O. The van der Waals surface area contributed by atoms with Gasteiger partial charge < -0.3 is 10.2 Å². The lowest BCUT2D eigenvalue weighted by molar-refractivity contribution is 0.0989. The number of carbonyl (C=O) groups is 1. The molecule has 1 N–H and O–H groups in total. The molecule has 4 rings (SSSR count). The number of benzene rings is 2. The van der Waals surface area contributed by atoms with Gasteiger partial charge in [0.05, 0.1) is 5.56 Å². The summed E-state index contributed by atoms with van der Waals surface area (Å²) in [5.41, 5.74) is 4.65. The quantitative estimate of drug-likeness (QED) is 0.713. The zero-order valence-electron chi connectivity index (χ0n) is 14.4. The second-order valence-corrected chi connectivity index (χ2v) is 6.71. The van der Waals surface area contributed by atoms with Crippen molar-refractivity contribution in [2.75, 3.05) is 16.8 Å². The lowest BCUT2D eigenvalue weighted by atomic mass is 10.2. The molecule has 0 unspecified atom stereocenters. The molecule has 1 aromatic heterocycles. The number of amides is 1. The first kappa shape index (κ1) is 16.6. The molecule has 3 aromatic rings. The van der Waals surface area contributed by atoms with Crippen LogP contribution in [0.15, 0.2) is 60.8 Å². The predicted octanol–water partition coefficient (Wildman–Crippen LogP) is 4.99. The smallest absolute Gasteiger partial charge is 0.259 e. The van der Waals surface area contributed by atoms with Crippen LogP contribution < -0.4 is 10.2 Å². The summed E-state index contributed by atoms with van der Waals surface area (Å²) in [5, 5.41) is 3.95. The summed E-state index contributed by atoms with van der Waals surface area (Å²) in [5.74, 6) is 0.654. The fourth-order valence-corrected chi connectivity index (χ4v) is 3.35. The molecule has 130 valence electrons. The minimum Gasteiger partial charge on any atom is -0.340 e. The van der Waals surface area contributed by atoms with E-state index in [-0.39, 0.29) is 5.91 Å². The fraction of sp³-hybridized carbons (Fsp3) is 0.143. The van der Waals surface area contributed by atoms with E-state index in [9.17, 15) is 4.79 Å². The Morgan fingerprint density at radius 2 is 1.96 bits per heavy atom. The van der Waals surface area contributed by atoms with Gasteiger partial charge in [-0.25, -0.2) is 4.98 Å². The second kappa shape index (κ2) is 6.81. The molecule has 1 aliphatic rings. The molecular weight excluding hydrogens is 346 g/mol. The van der Waals surface area contributed by atoms with Crippen molar-refractivity contribution in [1.29, 1.82) is 0 Å². The van der Waals surface area contributed by atoms with Gasteiger partial charge in [0.15, 0.2) is 0 Å². The van der Waals surface area contributed by atoms with Crippen LogP contribution in [0, 0.1) is 6.92 Å². The van der Waals surface area contributed by atoms with Crippen LogP contribution in [0.25, 0.3) is 0 Å². The Labute approximate surface area is 157 Å².